The predicted molar refractivity (Wildman–Crippen MR) is 38.0 cm³/mol. The van der Waals surface area contributed by atoms with E-state index in [-0.39, 0.29) is 31.0 Å². The number of tetrazole rings is 1. The summed E-state index contributed by atoms with van der Waals surface area (Å²) >= 11 is 4.75. The normalized spacial score (nSPS) is 12.2. The predicted octanol–water partition coefficient (Wildman–Crippen LogP) is -3.17. The molecule has 1 aromatic heterocycles. The molecule has 0 aliphatic carbocycles. The Hall–Kier alpha value is 0.250. The van der Waals surface area contributed by atoms with Gasteiger partial charge in [-0.25, -0.2) is 4.68 Å². The summed E-state index contributed by atoms with van der Waals surface area (Å²) in [5.74, 6) is 0. The number of nitrogens with zero attached hydrogens (tertiary/aromatic N) is 3. The Morgan fingerprint density at radius 2 is 2.55 bits per heavy atom. The number of aliphatic hydroxyl groups excluding tert-OH is 1. The third-order valence-corrected chi connectivity index (χ3v) is 1.28. The van der Waals surface area contributed by atoms with Gasteiger partial charge in [0.1, 0.15) is 0 Å². The molecule has 1 rings (SSSR count). The van der Waals surface area contributed by atoms with Crippen LogP contribution in [-0.4, -0.2) is 31.4 Å². The van der Waals surface area contributed by atoms with E-state index in [9.17, 15) is 0 Å². The second-order valence-electron chi connectivity index (χ2n) is 2.04. The maximum atomic E-state index is 8.91. The van der Waals surface area contributed by atoms with E-state index in [1.807, 2.05) is 0 Å². The van der Waals surface area contributed by atoms with Gasteiger partial charge in [0.2, 0.25) is 4.77 Å². The molecule has 0 spiro atoms. The summed E-state index contributed by atoms with van der Waals surface area (Å²) in [7, 11) is 0. The van der Waals surface area contributed by atoms with Gasteiger partial charge >= 0.3 is 29.6 Å². The van der Waals surface area contributed by atoms with Crippen molar-refractivity contribution in [1.82, 2.24) is 20.2 Å². The maximum Gasteiger partial charge on any atom is 1.00 e. The number of nitrogens with one attached hydrogen (secondary N) is 1. The van der Waals surface area contributed by atoms with Crippen LogP contribution in [0.1, 0.15) is 8.35 Å². The second-order valence-corrected chi connectivity index (χ2v) is 2.41. The van der Waals surface area contributed by atoms with Crippen LogP contribution in [0.25, 0.3) is 0 Å². The van der Waals surface area contributed by atoms with Crippen molar-refractivity contribution in [2.24, 2.45) is 0 Å². The fraction of sp³-hybridized carbons (Fsp3) is 0.750. The zero-order valence-electron chi connectivity index (χ0n) is 7.48. The average molecular weight is 184 g/mol. The molecule has 0 bridgehead atoms. The summed E-state index contributed by atoms with van der Waals surface area (Å²) in [6.07, 6.45) is -0.436. The quantitative estimate of drug-likeness (QED) is 0.376. The van der Waals surface area contributed by atoms with Crippen LogP contribution < -0.4 is 29.6 Å². The fourth-order valence-corrected chi connectivity index (χ4v) is 0.755. The number of hydrogen-bond donors (Lipinski definition) is 2. The van der Waals surface area contributed by atoms with Gasteiger partial charge in [0.25, 0.3) is 0 Å². The molecule has 0 aromatic carbocycles. The summed E-state index contributed by atoms with van der Waals surface area (Å²) in [4.78, 5) is 0. The first-order valence-electron chi connectivity index (χ1n) is 2.86. The Morgan fingerprint density at radius 3 is 2.91 bits per heavy atom. The second kappa shape index (κ2) is 5.00. The molecule has 11 heavy (non-hydrogen) atoms. The molecular weight excluding hydrogens is 175 g/mol. The van der Waals surface area contributed by atoms with Crippen molar-refractivity contribution >= 4 is 12.2 Å². The molecule has 1 unspecified atom stereocenters. The molecule has 0 saturated heterocycles. The average Bonchev–Trinajstić information content (AvgIpc) is 2.15. The third-order valence-electron chi connectivity index (χ3n) is 0.979. The number of aromatic nitrogens is 4. The van der Waals surface area contributed by atoms with Gasteiger partial charge in [0.05, 0.1) is 12.6 Å². The molecule has 0 aliphatic heterocycles. The molecule has 7 heteroatoms. The third kappa shape index (κ3) is 3.44. The minimum absolute atomic E-state index is 0. The van der Waals surface area contributed by atoms with Gasteiger partial charge < -0.3 is 6.53 Å². The largest absolute Gasteiger partial charge is 1.00 e. The first-order chi connectivity index (χ1) is 4.70. The monoisotopic (exact) mass is 184 g/mol. The number of rotatable bonds is 2. The van der Waals surface area contributed by atoms with E-state index in [0.29, 0.717) is 11.3 Å². The van der Waals surface area contributed by atoms with Crippen molar-refractivity contribution in [3.8, 4) is 0 Å². The Kier molecular flexibility index (Phi) is 5.11. The Morgan fingerprint density at radius 1 is 1.91 bits per heavy atom. The Bertz CT molecular complexity index is 262. The van der Waals surface area contributed by atoms with E-state index in [1.54, 1.807) is 6.92 Å². The van der Waals surface area contributed by atoms with Crippen LogP contribution in [0.5, 0.6) is 0 Å². The van der Waals surface area contributed by atoms with Crippen molar-refractivity contribution in [3.05, 3.63) is 4.77 Å². The van der Waals surface area contributed by atoms with Gasteiger partial charge in [-0.3, -0.25) is 0 Å². The van der Waals surface area contributed by atoms with Gasteiger partial charge in [0.15, 0.2) is 0 Å². The van der Waals surface area contributed by atoms with Crippen molar-refractivity contribution in [3.63, 3.8) is 0 Å². The first-order valence-corrected chi connectivity index (χ1v) is 3.27. The van der Waals surface area contributed by atoms with E-state index in [1.165, 1.54) is 4.68 Å². The smallest absolute Gasteiger partial charge is 1.00 e. The van der Waals surface area contributed by atoms with Crippen molar-refractivity contribution in [2.75, 3.05) is 0 Å². The minimum atomic E-state index is -0.436. The fourth-order valence-electron chi connectivity index (χ4n) is 0.599. The van der Waals surface area contributed by atoms with Crippen LogP contribution in [-0.2, 0) is 6.54 Å². The van der Waals surface area contributed by atoms with Crippen LogP contribution in [0.4, 0.5) is 0 Å². The van der Waals surface area contributed by atoms with Gasteiger partial charge in [-0.1, -0.05) is 10.3 Å². The van der Waals surface area contributed by atoms with Crippen molar-refractivity contribution in [2.45, 2.75) is 19.6 Å². The van der Waals surface area contributed by atoms with Crippen molar-refractivity contribution in [1.29, 1.82) is 0 Å². The molecule has 0 aliphatic rings. The first kappa shape index (κ1) is 11.2. The minimum Gasteiger partial charge on any atom is -1.00 e. The summed E-state index contributed by atoms with van der Waals surface area (Å²) < 4.78 is 1.86. The molecule has 58 valence electrons. The SMILES string of the molecule is CC(O)Cn1[nH]nnc1=S.[H-].[Na+]. The van der Waals surface area contributed by atoms with Crippen LogP contribution in [0.2, 0.25) is 0 Å². The molecule has 1 aromatic rings. The number of hydrogen-bond acceptors (Lipinski definition) is 4. The van der Waals surface area contributed by atoms with Crippen LogP contribution >= 0.6 is 12.2 Å². The Balaban J connectivity index is 0. The van der Waals surface area contributed by atoms with Crippen molar-refractivity contribution < 1.29 is 36.1 Å². The van der Waals surface area contributed by atoms with Crippen LogP contribution in [0.15, 0.2) is 0 Å². The molecule has 5 nitrogen and oxygen atoms in total. The molecule has 0 radical (unpaired) electrons. The van der Waals surface area contributed by atoms with E-state index < -0.39 is 6.10 Å². The number of aliphatic hydroxyl groups is 1. The number of H-pyrrole nitrogens is 1. The van der Waals surface area contributed by atoms with E-state index in [2.05, 4.69) is 15.5 Å². The summed E-state index contributed by atoms with van der Waals surface area (Å²) in [5.41, 5.74) is 0. The van der Waals surface area contributed by atoms with Crippen LogP contribution in [0.3, 0.4) is 0 Å². The van der Waals surface area contributed by atoms with E-state index in [4.69, 9.17) is 17.3 Å². The maximum absolute atomic E-state index is 8.91. The van der Waals surface area contributed by atoms with Gasteiger partial charge in [-0.2, -0.15) is 5.21 Å². The van der Waals surface area contributed by atoms with Gasteiger partial charge in [-0.05, 0) is 19.1 Å². The molecule has 1 heterocycles. The van der Waals surface area contributed by atoms with Gasteiger partial charge in [-0.15, -0.1) is 0 Å². The molecule has 2 N–H and O–H groups in total. The van der Waals surface area contributed by atoms with E-state index in [0.717, 1.165) is 0 Å². The van der Waals surface area contributed by atoms with E-state index >= 15 is 0 Å². The van der Waals surface area contributed by atoms with Gasteiger partial charge in [0, 0.05) is 0 Å². The molecular formula is C4H9N4NaOS. The topological polar surface area (TPSA) is 66.7 Å². The Labute approximate surface area is 92.6 Å². The summed E-state index contributed by atoms with van der Waals surface area (Å²) in [5, 5.41) is 18.4. The summed E-state index contributed by atoms with van der Waals surface area (Å²) in [6, 6.07) is 0. The number of aromatic amines is 1. The molecule has 0 saturated carbocycles. The summed E-state index contributed by atoms with van der Waals surface area (Å²) in [6.45, 7) is 2.08. The standard InChI is InChI=1S/C4H8N4OS.Na.H/c1-3(9)2-8-4(10)5-6-7-8;;/h3,9H,2H2,1H3,(H,5,7,10);;/q;+1;-1. The molecule has 0 amide bonds. The molecule has 1 atom stereocenters. The molecule has 0 fully saturated rings. The van der Waals surface area contributed by atoms with Crippen LogP contribution in [0, 0.1) is 4.77 Å². The zero-order valence-corrected chi connectivity index (χ0v) is 9.30. The zero-order chi connectivity index (χ0) is 7.56.